The van der Waals surface area contributed by atoms with E-state index in [9.17, 15) is 9.59 Å². The van der Waals surface area contributed by atoms with Crippen molar-refractivity contribution in [1.29, 1.82) is 0 Å². The molecule has 4 nitrogen and oxygen atoms in total. The second kappa shape index (κ2) is 9.24. The molecule has 0 fully saturated rings. The fraction of sp³-hybridized carbons (Fsp3) is 0.130. The largest absolute Gasteiger partial charge is 0.457 e. The van der Waals surface area contributed by atoms with Gasteiger partial charge in [-0.1, -0.05) is 36.4 Å². The lowest BCUT2D eigenvalue weighted by Crippen LogP contribution is -2.05. The van der Waals surface area contributed by atoms with E-state index in [-0.39, 0.29) is 18.5 Å². The zero-order valence-corrected chi connectivity index (χ0v) is 16.5. The summed E-state index contributed by atoms with van der Waals surface area (Å²) >= 11 is 1.67. The predicted molar refractivity (Wildman–Crippen MR) is 111 cm³/mol. The maximum atomic E-state index is 12.3. The topological polar surface area (TPSA) is 52.6 Å². The number of thioether (sulfide) groups is 1. The second-order valence-electron chi connectivity index (χ2n) is 6.12. The molecule has 0 N–H and O–H groups in total. The Morgan fingerprint density at radius 2 is 1.39 bits per heavy atom. The van der Waals surface area contributed by atoms with E-state index in [1.54, 1.807) is 36.0 Å². The number of esters is 2. The minimum Gasteiger partial charge on any atom is -0.457 e. The van der Waals surface area contributed by atoms with Gasteiger partial charge < -0.3 is 9.47 Å². The highest BCUT2D eigenvalue weighted by atomic mass is 32.2. The van der Waals surface area contributed by atoms with Crippen molar-refractivity contribution in [2.75, 3.05) is 6.26 Å². The lowest BCUT2D eigenvalue weighted by molar-refractivity contribution is -0.131. The predicted octanol–water partition coefficient (Wildman–Crippen LogP) is 5.36. The molecule has 0 spiro atoms. The van der Waals surface area contributed by atoms with Crippen molar-refractivity contribution in [3.8, 4) is 16.9 Å². The number of carbonyl (C=O) groups is 2. The minimum absolute atomic E-state index is 0.243. The summed E-state index contributed by atoms with van der Waals surface area (Å²) in [4.78, 5) is 24.4. The van der Waals surface area contributed by atoms with Crippen molar-refractivity contribution in [3.63, 3.8) is 0 Å². The normalized spacial score (nSPS) is 10.4. The monoisotopic (exact) mass is 392 g/mol. The standard InChI is InChI=1S/C23H20O4S/c1-16(24)27-21-11-9-19(10-12-21)18-5-7-20(8-6-18)23(25)26-15-17-3-13-22(28-2)14-4-17/h3-14H,15H2,1-2H3. The maximum absolute atomic E-state index is 12.3. The zero-order valence-electron chi connectivity index (χ0n) is 15.7. The Hall–Kier alpha value is -3.05. The summed E-state index contributed by atoms with van der Waals surface area (Å²) in [7, 11) is 0. The van der Waals surface area contributed by atoms with Gasteiger partial charge >= 0.3 is 11.9 Å². The van der Waals surface area contributed by atoms with Crippen LogP contribution in [0.15, 0.2) is 77.7 Å². The summed E-state index contributed by atoms with van der Waals surface area (Å²) in [6.07, 6.45) is 2.02. The molecule has 5 heteroatoms. The van der Waals surface area contributed by atoms with E-state index < -0.39 is 0 Å². The molecule has 3 rings (SSSR count). The number of benzene rings is 3. The average Bonchev–Trinajstić information content (AvgIpc) is 2.72. The van der Waals surface area contributed by atoms with Gasteiger partial charge in [0.25, 0.3) is 0 Å². The Morgan fingerprint density at radius 3 is 1.93 bits per heavy atom. The van der Waals surface area contributed by atoms with E-state index in [0.717, 1.165) is 16.7 Å². The van der Waals surface area contributed by atoms with Gasteiger partial charge in [-0.15, -0.1) is 11.8 Å². The lowest BCUT2D eigenvalue weighted by Gasteiger charge is -2.07. The van der Waals surface area contributed by atoms with Gasteiger partial charge in [0, 0.05) is 11.8 Å². The lowest BCUT2D eigenvalue weighted by atomic mass is 10.0. The first kappa shape index (κ1) is 19.7. The molecule has 0 aliphatic rings. The van der Waals surface area contributed by atoms with Crippen LogP contribution in [0, 0.1) is 0 Å². The van der Waals surface area contributed by atoms with Crippen molar-refractivity contribution in [1.82, 2.24) is 0 Å². The first-order valence-corrected chi connectivity index (χ1v) is 9.96. The van der Waals surface area contributed by atoms with E-state index in [4.69, 9.17) is 9.47 Å². The minimum atomic E-state index is -0.356. The number of carbonyl (C=O) groups excluding carboxylic acids is 2. The van der Waals surface area contributed by atoms with Gasteiger partial charge in [0.2, 0.25) is 0 Å². The fourth-order valence-electron chi connectivity index (χ4n) is 2.63. The van der Waals surface area contributed by atoms with Gasteiger partial charge in [-0.3, -0.25) is 4.79 Å². The summed E-state index contributed by atoms with van der Waals surface area (Å²) in [5.41, 5.74) is 3.37. The first-order chi connectivity index (χ1) is 13.5. The third-order valence-corrected chi connectivity index (χ3v) is 4.84. The molecule has 142 valence electrons. The molecule has 3 aromatic rings. The third-order valence-electron chi connectivity index (χ3n) is 4.10. The van der Waals surface area contributed by atoms with Crippen LogP contribution >= 0.6 is 11.8 Å². The van der Waals surface area contributed by atoms with Crippen molar-refractivity contribution in [3.05, 3.63) is 83.9 Å². The third kappa shape index (κ3) is 5.24. The number of hydrogen-bond donors (Lipinski definition) is 0. The van der Waals surface area contributed by atoms with Crippen LogP contribution in [0.5, 0.6) is 5.75 Å². The molecule has 0 bridgehead atoms. The Bertz CT molecular complexity index is 945. The van der Waals surface area contributed by atoms with Gasteiger partial charge in [-0.2, -0.15) is 0 Å². The number of ether oxygens (including phenoxy) is 2. The average molecular weight is 392 g/mol. The Morgan fingerprint density at radius 1 is 0.821 bits per heavy atom. The summed E-state index contributed by atoms with van der Waals surface area (Å²) in [6, 6.07) is 22.4. The molecule has 3 aromatic carbocycles. The molecule has 0 unspecified atom stereocenters. The number of rotatable bonds is 6. The van der Waals surface area contributed by atoms with Crippen LogP contribution in [0.2, 0.25) is 0 Å². The van der Waals surface area contributed by atoms with E-state index in [1.165, 1.54) is 11.8 Å². The van der Waals surface area contributed by atoms with Crippen LogP contribution in [0.4, 0.5) is 0 Å². The number of hydrogen-bond acceptors (Lipinski definition) is 5. The SMILES string of the molecule is CSc1ccc(COC(=O)c2ccc(-c3ccc(OC(C)=O)cc3)cc2)cc1. The van der Waals surface area contributed by atoms with Gasteiger partial charge in [0.1, 0.15) is 12.4 Å². The quantitative estimate of drug-likeness (QED) is 0.321. The fourth-order valence-corrected chi connectivity index (χ4v) is 3.04. The molecule has 0 aromatic heterocycles. The van der Waals surface area contributed by atoms with Crippen molar-refractivity contribution in [2.45, 2.75) is 18.4 Å². The molecule has 0 aliphatic heterocycles. The molecule has 0 amide bonds. The highest BCUT2D eigenvalue weighted by molar-refractivity contribution is 7.98. The van der Waals surface area contributed by atoms with Crippen LogP contribution in [0.1, 0.15) is 22.8 Å². The summed E-state index contributed by atoms with van der Waals surface area (Å²) < 4.78 is 10.4. The molecular weight excluding hydrogens is 372 g/mol. The van der Waals surface area contributed by atoms with Gasteiger partial charge in [-0.25, -0.2) is 4.79 Å². The summed E-state index contributed by atoms with van der Waals surface area (Å²) in [6.45, 7) is 1.61. The Labute approximate surface area is 168 Å². The van der Waals surface area contributed by atoms with Crippen molar-refractivity contribution < 1.29 is 19.1 Å². The smallest absolute Gasteiger partial charge is 0.338 e. The van der Waals surface area contributed by atoms with E-state index in [1.807, 2.05) is 54.8 Å². The molecule has 0 radical (unpaired) electrons. The molecular formula is C23H20O4S. The second-order valence-corrected chi connectivity index (χ2v) is 7.00. The zero-order chi connectivity index (χ0) is 19.9. The van der Waals surface area contributed by atoms with E-state index >= 15 is 0 Å². The molecule has 0 saturated heterocycles. The van der Waals surface area contributed by atoms with Gasteiger partial charge in [0.05, 0.1) is 5.56 Å². The first-order valence-electron chi connectivity index (χ1n) is 8.74. The van der Waals surface area contributed by atoms with Crippen molar-refractivity contribution >= 4 is 23.7 Å². The van der Waals surface area contributed by atoms with Crippen LogP contribution in [-0.4, -0.2) is 18.2 Å². The van der Waals surface area contributed by atoms with Crippen LogP contribution in [-0.2, 0) is 16.1 Å². The molecule has 0 saturated carbocycles. The van der Waals surface area contributed by atoms with Crippen LogP contribution in [0.3, 0.4) is 0 Å². The van der Waals surface area contributed by atoms with E-state index in [0.29, 0.717) is 11.3 Å². The van der Waals surface area contributed by atoms with Crippen molar-refractivity contribution in [2.24, 2.45) is 0 Å². The van der Waals surface area contributed by atoms with Crippen LogP contribution in [0.25, 0.3) is 11.1 Å². The molecule has 0 atom stereocenters. The van der Waals surface area contributed by atoms with Gasteiger partial charge in [-0.05, 0) is 59.3 Å². The van der Waals surface area contributed by atoms with Gasteiger partial charge in [0.15, 0.2) is 0 Å². The highest BCUT2D eigenvalue weighted by Gasteiger charge is 2.08. The van der Waals surface area contributed by atoms with Crippen LogP contribution < -0.4 is 4.74 Å². The Kier molecular flexibility index (Phi) is 6.50. The maximum Gasteiger partial charge on any atom is 0.338 e. The molecule has 0 heterocycles. The van der Waals surface area contributed by atoms with E-state index in [2.05, 4.69) is 0 Å². The summed E-state index contributed by atoms with van der Waals surface area (Å²) in [5.74, 6) is -0.205. The molecule has 0 aliphatic carbocycles. The highest BCUT2D eigenvalue weighted by Crippen LogP contribution is 2.23. The molecule has 28 heavy (non-hydrogen) atoms. The Balaban J connectivity index is 1.61. The summed E-state index contributed by atoms with van der Waals surface area (Å²) in [5, 5.41) is 0.